The fraction of sp³-hybridized carbons (Fsp3) is 0.636. The lowest BCUT2D eigenvalue weighted by molar-refractivity contribution is -0.137. The van der Waals surface area contributed by atoms with Crippen LogP contribution in [0.5, 0.6) is 0 Å². The van der Waals surface area contributed by atoms with Gasteiger partial charge in [-0.05, 0) is 37.5 Å². The molecule has 2 fully saturated rings. The van der Waals surface area contributed by atoms with Gasteiger partial charge in [-0.2, -0.15) is 20.5 Å². The quantitative estimate of drug-likeness (QED) is 0.599. The van der Waals surface area contributed by atoms with Gasteiger partial charge < -0.3 is 15.5 Å². The molecule has 4 aliphatic rings. The number of hydrogen-bond acceptors (Lipinski definition) is 6. The van der Waals surface area contributed by atoms with E-state index >= 15 is 0 Å². The molecule has 2 aromatic heterocycles. The van der Waals surface area contributed by atoms with Crippen LogP contribution in [0.4, 0.5) is 0 Å². The van der Waals surface area contributed by atoms with Gasteiger partial charge in [-0.15, -0.1) is 0 Å². The molecule has 2 aromatic rings. The molecule has 1 spiro atoms. The molecule has 2 unspecified atom stereocenters. The zero-order valence-corrected chi connectivity index (χ0v) is 18.5. The molecule has 174 valence electrons. The van der Waals surface area contributed by atoms with Crippen LogP contribution in [0.2, 0.25) is 0 Å². The summed E-state index contributed by atoms with van der Waals surface area (Å²) in [5, 5.41) is 21.1. The Balaban J connectivity index is 1.14. The van der Waals surface area contributed by atoms with E-state index in [9.17, 15) is 14.4 Å². The average Bonchev–Trinajstić information content (AvgIpc) is 3.53. The van der Waals surface area contributed by atoms with E-state index in [2.05, 4.69) is 31.1 Å². The number of carbonyl (C=O) groups is 3. The summed E-state index contributed by atoms with van der Waals surface area (Å²) < 4.78 is 1.57. The molecule has 4 heterocycles. The Morgan fingerprint density at radius 2 is 2.09 bits per heavy atom. The number of aryl methyl sites for hydroxylation is 1. The van der Waals surface area contributed by atoms with Gasteiger partial charge in [0, 0.05) is 44.1 Å². The number of aromatic amines is 1. The van der Waals surface area contributed by atoms with Crippen molar-refractivity contribution in [1.82, 2.24) is 40.7 Å². The van der Waals surface area contributed by atoms with Crippen molar-refractivity contribution in [2.75, 3.05) is 19.6 Å². The number of aromatic nitrogens is 5. The number of likely N-dealkylation sites (tertiary alicyclic amines) is 1. The number of fused-ring (bicyclic) bond motifs is 2. The normalized spacial score (nSPS) is 25.2. The van der Waals surface area contributed by atoms with Gasteiger partial charge in [0.25, 0.3) is 11.8 Å². The van der Waals surface area contributed by atoms with Crippen LogP contribution in [-0.2, 0) is 24.2 Å². The van der Waals surface area contributed by atoms with E-state index in [1.54, 1.807) is 4.68 Å². The summed E-state index contributed by atoms with van der Waals surface area (Å²) in [4.78, 5) is 40.3. The topological polar surface area (TPSA) is 138 Å². The number of rotatable bonds is 4. The zero-order valence-electron chi connectivity index (χ0n) is 18.5. The van der Waals surface area contributed by atoms with Gasteiger partial charge in [0.05, 0.1) is 17.9 Å². The smallest absolute Gasteiger partial charge is 0.271 e. The first-order valence-corrected chi connectivity index (χ1v) is 11.8. The van der Waals surface area contributed by atoms with E-state index < -0.39 is 0 Å². The highest BCUT2D eigenvalue weighted by Gasteiger charge is 2.50. The highest BCUT2D eigenvalue weighted by Crippen LogP contribution is 2.50. The van der Waals surface area contributed by atoms with Crippen molar-refractivity contribution in [1.29, 1.82) is 0 Å². The molecule has 11 heteroatoms. The van der Waals surface area contributed by atoms with Gasteiger partial charge in [-0.25, -0.2) is 0 Å². The van der Waals surface area contributed by atoms with Gasteiger partial charge in [0.1, 0.15) is 5.69 Å². The Hall–Kier alpha value is -3.24. The van der Waals surface area contributed by atoms with Crippen molar-refractivity contribution in [2.24, 2.45) is 11.3 Å². The van der Waals surface area contributed by atoms with Gasteiger partial charge >= 0.3 is 0 Å². The molecule has 2 aliphatic heterocycles. The van der Waals surface area contributed by atoms with Crippen LogP contribution >= 0.6 is 0 Å². The predicted octanol–water partition coefficient (Wildman–Crippen LogP) is 0.0507. The average molecular weight is 453 g/mol. The van der Waals surface area contributed by atoms with Crippen LogP contribution in [0.15, 0.2) is 6.07 Å². The molecule has 1 saturated heterocycles. The SMILES string of the molecule is O=C(NCC1CC2(CCC2)CN1C(=O)C1CCc2n[nH]nc2C1)c1cc2n(n1)CCNC2=O. The standard InChI is InChI=1S/C22H28N8O3/c31-19(17-9-18-20(32)23-6-7-30(18)27-17)24-11-14-10-22(4-1-5-22)12-29(14)21(33)13-2-3-15-16(8-13)26-28-25-15/h9,13-14H,1-8,10-12H2,(H,23,32)(H,24,31)(H,25,26,28). The first-order chi connectivity index (χ1) is 16.0. The molecule has 0 radical (unpaired) electrons. The number of H-pyrrole nitrogens is 1. The van der Waals surface area contributed by atoms with Crippen LogP contribution in [0.3, 0.4) is 0 Å². The molecule has 0 aromatic carbocycles. The fourth-order valence-electron chi connectivity index (χ4n) is 5.92. The summed E-state index contributed by atoms with van der Waals surface area (Å²) in [5.41, 5.74) is 2.71. The van der Waals surface area contributed by atoms with Crippen LogP contribution < -0.4 is 10.6 Å². The summed E-state index contributed by atoms with van der Waals surface area (Å²) in [5.74, 6) is -0.443. The fourth-order valence-corrected chi connectivity index (χ4v) is 5.92. The molecule has 11 nitrogen and oxygen atoms in total. The number of nitrogens with one attached hydrogen (secondary N) is 3. The van der Waals surface area contributed by atoms with Crippen molar-refractivity contribution in [3.63, 3.8) is 0 Å². The zero-order chi connectivity index (χ0) is 22.6. The molecule has 0 bridgehead atoms. The van der Waals surface area contributed by atoms with E-state index in [1.165, 1.54) is 12.5 Å². The summed E-state index contributed by atoms with van der Waals surface area (Å²) in [6, 6.07) is 1.51. The van der Waals surface area contributed by atoms with Crippen molar-refractivity contribution < 1.29 is 14.4 Å². The molecule has 3 N–H and O–H groups in total. The maximum absolute atomic E-state index is 13.5. The summed E-state index contributed by atoms with van der Waals surface area (Å²) >= 11 is 0. The molecule has 6 rings (SSSR count). The lowest BCUT2D eigenvalue weighted by Gasteiger charge is -2.38. The highest BCUT2D eigenvalue weighted by molar-refractivity contribution is 5.98. The molecule has 2 aliphatic carbocycles. The number of nitrogens with zero attached hydrogens (tertiary/aromatic N) is 5. The maximum atomic E-state index is 13.5. The highest BCUT2D eigenvalue weighted by atomic mass is 16.2. The lowest BCUT2D eigenvalue weighted by atomic mass is 9.67. The molecule has 1 saturated carbocycles. The Kier molecular flexibility index (Phi) is 4.73. The minimum Gasteiger partial charge on any atom is -0.349 e. The van der Waals surface area contributed by atoms with Gasteiger partial charge in [0.15, 0.2) is 5.69 Å². The third-order valence-corrected chi connectivity index (χ3v) is 7.89. The number of hydrogen-bond donors (Lipinski definition) is 3. The van der Waals surface area contributed by atoms with E-state index in [0.29, 0.717) is 31.7 Å². The summed E-state index contributed by atoms with van der Waals surface area (Å²) in [6.07, 6.45) is 6.57. The van der Waals surface area contributed by atoms with Crippen molar-refractivity contribution in [3.05, 3.63) is 28.8 Å². The Morgan fingerprint density at radius 1 is 1.24 bits per heavy atom. The molecular weight excluding hydrogens is 424 g/mol. The molecule has 2 atom stereocenters. The van der Waals surface area contributed by atoms with E-state index in [0.717, 1.165) is 50.0 Å². The van der Waals surface area contributed by atoms with Crippen LogP contribution in [0, 0.1) is 11.3 Å². The van der Waals surface area contributed by atoms with E-state index in [1.807, 2.05) is 4.90 Å². The third-order valence-electron chi connectivity index (χ3n) is 7.89. The largest absolute Gasteiger partial charge is 0.349 e. The Labute approximate surface area is 190 Å². The second-order valence-electron chi connectivity index (χ2n) is 9.94. The van der Waals surface area contributed by atoms with Gasteiger partial charge in [-0.3, -0.25) is 19.1 Å². The lowest BCUT2D eigenvalue weighted by Crippen LogP contribution is -2.46. The summed E-state index contributed by atoms with van der Waals surface area (Å²) in [6.45, 7) is 2.22. The first kappa shape index (κ1) is 20.4. The number of amides is 3. The van der Waals surface area contributed by atoms with Gasteiger partial charge in [0.2, 0.25) is 5.91 Å². The Morgan fingerprint density at radius 3 is 2.88 bits per heavy atom. The molecule has 33 heavy (non-hydrogen) atoms. The van der Waals surface area contributed by atoms with Gasteiger partial charge in [-0.1, -0.05) is 6.42 Å². The third kappa shape index (κ3) is 3.50. The molecular formula is C22H28N8O3. The second kappa shape index (κ2) is 7.67. The van der Waals surface area contributed by atoms with E-state index in [-0.39, 0.29) is 40.8 Å². The second-order valence-corrected chi connectivity index (χ2v) is 9.94. The monoisotopic (exact) mass is 452 g/mol. The summed E-state index contributed by atoms with van der Waals surface area (Å²) in [7, 11) is 0. The predicted molar refractivity (Wildman–Crippen MR) is 115 cm³/mol. The van der Waals surface area contributed by atoms with Crippen LogP contribution in [-0.4, -0.2) is 73.5 Å². The minimum absolute atomic E-state index is 0.0269. The van der Waals surface area contributed by atoms with Crippen LogP contribution in [0.25, 0.3) is 0 Å². The van der Waals surface area contributed by atoms with Crippen molar-refractivity contribution >= 4 is 17.7 Å². The maximum Gasteiger partial charge on any atom is 0.271 e. The van der Waals surface area contributed by atoms with Crippen molar-refractivity contribution in [3.8, 4) is 0 Å². The van der Waals surface area contributed by atoms with E-state index in [4.69, 9.17) is 0 Å². The first-order valence-electron chi connectivity index (χ1n) is 11.8. The minimum atomic E-state index is -0.309. The van der Waals surface area contributed by atoms with Crippen molar-refractivity contribution in [2.45, 2.75) is 57.5 Å². The molecule has 3 amide bonds. The number of carbonyl (C=O) groups excluding carboxylic acids is 3. The Bertz CT molecular complexity index is 1120. The van der Waals surface area contributed by atoms with Crippen LogP contribution in [0.1, 0.15) is 64.5 Å².